The molecule has 0 bridgehead atoms. The summed E-state index contributed by atoms with van der Waals surface area (Å²) in [7, 11) is 0. The molecule has 1 aromatic rings. The molecule has 1 heterocycles. The van der Waals surface area contributed by atoms with Crippen LogP contribution in [0, 0.1) is 17.2 Å². The van der Waals surface area contributed by atoms with Crippen molar-refractivity contribution in [3.63, 3.8) is 0 Å². The fourth-order valence-corrected chi connectivity index (χ4v) is 2.93. The van der Waals surface area contributed by atoms with Crippen molar-refractivity contribution in [3.8, 4) is 6.07 Å². The summed E-state index contributed by atoms with van der Waals surface area (Å²) < 4.78 is 0. The average molecular weight is 286 g/mol. The molecule has 1 aliphatic rings. The third kappa shape index (κ3) is 3.83. The lowest BCUT2D eigenvalue weighted by atomic mass is 9.93. The lowest BCUT2D eigenvalue weighted by molar-refractivity contribution is -0.135. The van der Waals surface area contributed by atoms with Gasteiger partial charge in [0.05, 0.1) is 18.9 Å². The topological polar surface area (TPSA) is 64.3 Å². The highest BCUT2D eigenvalue weighted by atomic mass is 16.3. The van der Waals surface area contributed by atoms with Gasteiger partial charge in [0, 0.05) is 19.2 Å². The second-order valence-corrected chi connectivity index (χ2v) is 5.80. The maximum atomic E-state index is 12.6. The van der Waals surface area contributed by atoms with E-state index < -0.39 is 0 Å². The van der Waals surface area contributed by atoms with Crippen LogP contribution in [0.15, 0.2) is 24.3 Å². The molecule has 1 saturated heterocycles. The second kappa shape index (κ2) is 7.24. The van der Waals surface area contributed by atoms with Crippen molar-refractivity contribution < 1.29 is 9.90 Å². The van der Waals surface area contributed by atoms with E-state index in [1.165, 1.54) is 0 Å². The first-order valence-corrected chi connectivity index (χ1v) is 7.49. The monoisotopic (exact) mass is 286 g/mol. The van der Waals surface area contributed by atoms with Crippen molar-refractivity contribution in [2.75, 3.05) is 13.2 Å². The second-order valence-electron chi connectivity index (χ2n) is 5.80. The zero-order valence-electron chi connectivity index (χ0n) is 12.5. The van der Waals surface area contributed by atoms with Crippen LogP contribution in [0.25, 0.3) is 0 Å². The van der Waals surface area contributed by atoms with E-state index in [1.807, 2.05) is 29.2 Å². The molecule has 0 aliphatic carbocycles. The zero-order chi connectivity index (χ0) is 15.2. The van der Waals surface area contributed by atoms with Gasteiger partial charge in [-0.3, -0.25) is 4.79 Å². The van der Waals surface area contributed by atoms with Gasteiger partial charge in [0.25, 0.3) is 0 Å². The number of nitriles is 1. The van der Waals surface area contributed by atoms with Crippen LogP contribution < -0.4 is 0 Å². The highest BCUT2D eigenvalue weighted by molar-refractivity contribution is 5.79. The number of benzene rings is 1. The molecule has 1 aliphatic heterocycles. The standard InChI is InChI=1S/C17H22N2O2/c1-13-6-7-14(12-20)11-19(13)17(21)10-16-5-3-2-4-15(16)8-9-18/h2-5,13-14,20H,6-8,10-12H2,1H3. The molecule has 2 rings (SSSR count). The van der Waals surface area contributed by atoms with Gasteiger partial charge in [-0.1, -0.05) is 24.3 Å². The van der Waals surface area contributed by atoms with E-state index in [0.29, 0.717) is 19.4 Å². The predicted molar refractivity (Wildman–Crippen MR) is 80.4 cm³/mol. The van der Waals surface area contributed by atoms with Crippen LogP contribution in [0.1, 0.15) is 30.9 Å². The zero-order valence-corrected chi connectivity index (χ0v) is 12.5. The summed E-state index contributed by atoms with van der Waals surface area (Å²) in [4.78, 5) is 14.4. The molecule has 4 nitrogen and oxygen atoms in total. The quantitative estimate of drug-likeness (QED) is 0.919. The van der Waals surface area contributed by atoms with Gasteiger partial charge >= 0.3 is 0 Å². The van der Waals surface area contributed by atoms with Crippen molar-refractivity contribution in [1.29, 1.82) is 5.26 Å². The molecule has 2 unspecified atom stereocenters. The van der Waals surface area contributed by atoms with Gasteiger partial charge in [0.1, 0.15) is 0 Å². The minimum Gasteiger partial charge on any atom is -0.396 e. The van der Waals surface area contributed by atoms with Crippen LogP contribution in [-0.2, 0) is 17.6 Å². The third-order valence-electron chi connectivity index (χ3n) is 4.29. The van der Waals surface area contributed by atoms with Crippen LogP contribution in [0.2, 0.25) is 0 Å². The Kier molecular flexibility index (Phi) is 5.35. The van der Waals surface area contributed by atoms with E-state index in [9.17, 15) is 9.90 Å². The molecule has 0 radical (unpaired) electrons. The highest BCUT2D eigenvalue weighted by Crippen LogP contribution is 2.23. The van der Waals surface area contributed by atoms with Crippen LogP contribution >= 0.6 is 0 Å². The molecule has 112 valence electrons. The Bertz CT molecular complexity index is 536. The number of aliphatic hydroxyl groups excluding tert-OH is 1. The Balaban J connectivity index is 2.08. The van der Waals surface area contributed by atoms with Gasteiger partial charge in [0.2, 0.25) is 5.91 Å². The van der Waals surface area contributed by atoms with Crippen LogP contribution in [-0.4, -0.2) is 35.1 Å². The fraction of sp³-hybridized carbons (Fsp3) is 0.529. The Hall–Kier alpha value is -1.86. The van der Waals surface area contributed by atoms with Crippen LogP contribution in [0.3, 0.4) is 0 Å². The van der Waals surface area contributed by atoms with Crippen molar-refractivity contribution in [1.82, 2.24) is 4.90 Å². The fourth-order valence-electron chi connectivity index (χ4n) is 2.93. The number of amides is 1. The number of carbonyl (C=O) groups excluding carboxylic acids is 1. The van der Waals surface area contributed by atoms with Gasteiger partial charge in [-0.05, 0) is 36.8 Å². The lowest BCUT2D eigenvalue weighted by Gasteiger charge is -2.37. The summed E-state index contributed by atoms with van der Waals surface area (Å²) in [5.74, 6) is 0.283. The minimum atomic E-state index is 0.0889. The molecule has 1 amide bonds. The summed E-state index contributed by atoms with van der Waals surface area (Å²) in [6.45, 7) is 2.84. The average Bonchev–Trinajstić information content (AvgIpc) is 2.50. The minimum absolute atomic E-state index is 0.0889. The summed E-state index contributed by atoms with van der Waals surface area (Å²) in [5.41, 5.74) is 1.86. The number of nitrogens with zero attached hydrogens (tertiary/aromatic N) is 2. The van der Waals surface area contributed by atoms with Crippen molar-refractivity contribution in [2.24, 2.45) is 5.92 Å². The number of likely N-dealkylation sites (tertiary alicyclic amines) is 1. The molecular weight excluding hydrogens is 264 g/mol. The molecule has 21 heavy (non-hydrogen) atoms. The first kappa shape index (κ1) is 15.5. The lowest BCUT2D eigenvalue weighted by Crippen LogP contribution is -2.47. The van der Waals surface area contributed by atoms with Crippen LogP contribution in [0.4, 0.5) is 0 Å². The molecule has 0 saturated carbocycles. The van der Waals surface area contributed by atoms with Crippen molar-refractivity contribution in [2.45, 2.75) is 38.6 Å². The molecule has 4 heteroatoms. The molecule has 1 aromatic carbocycles. The van der Waals surface area contributed by atoms with Gasteiger partial charge in [-0.25, -0.2) is 0 Å². The number of carbonyl (C=O) groups is 1. The maximum Gasteiger partial charge on any atom is 0.227 e. The Morgan fingerprint density at radius 2 is 2.10 bits per heavy atom. The SMILES string of the molecule is CC1CCC(CO)CN1C(=O)Cc1ccccc1CC#N. The van der Waals surface area contributed by atoms with E-state index in [0.717, 1.165) is 24.0 Å². The van der Waals surface area contributed by atoms with E-state index in [1.54, 1.807) is 0 Å². The van der Waals surface area contributed by atoms with E-state index >= 15 is 0 Å². The number of hydrogen-bond donors (Lipinski definition) is 1. The summed E-state index contributed by atoms with van der Waals surface area (Å²) in [6, 6.07) is 9.99. The molecule has 0 aromatic heterocycles. The van der Waals surface area contributed by atoms with Gasteiger partial charge in [-0.15, -0.1) is 0 Å². The first-order chi connectivity index (χ1) is 10.2. The summed E-state index contributed by atoms with van der Waals surface area (Å²) >= 11 is 0. The van der Waals surface area contributed by atoms with Crippen LogP contribution in [0.5, 0.6) is 0 Å². The molecule has 2 atom stereocenters. The highest BCUT2D eigenvalue weighted by Gasteiger charge is 2.28. The van der Waals surface area contributed by atoms with E-state index in [2.05, 4.69) is 13.0 Å². The van der Waals surface area contributed by atoms with E-state index in [4.69, 9.17) is 5.26 Å². The van der Waals surface area contributed by atoms with E-state index in [-0.39, 0.29) is 24.5 Å². The molecular formula is C17H22N2O2. The Morgan fingerprint density at radius 1 is 1.38 bits per heavy atom. The summed E-state index contributed by atoms with van der Waals surface area (Å²) in [6.07, 6.45) is 2.59. The smallest absolute Gasteiger partial charge is 0.227 e. The molecule has 1 N–H and O–H groups in total. The first-order valence-electron chi connectivity index (χ1n) is 7.49. The predicted octanol–water partition coefficient (Wildman–Crippen LogP) is 1.91. The molecule has 0 spiro atoms. The largest absolute Gasteiger partial charge is 0.396 e. The van der Waals surface area contributed by atoms with Crippen molar-refractivity contribution >= 4 is 5.91 Å². The van der Waals surface area contributed by atoms with Gasteiger partial charge in [0.15, 0.2) is 0 Å². The summed E-state index contributed by atoms with van der Waals surface area (Å²) in [5, 5.41) is 18.2. The Morgan fingerprint density at radius 3 is 2.76 bits per heavy atom. The normalized spacial score (nSPS) is 21.9. The number of hydrogen-bond acceptors (Lipinski definition) is 3. The molecule has 1 fully saturated rings. The Labute approximate surface area is 126 Å². The maximum absolute atomic E-state index is 12.6. The van der Waals surface area contributed by atoms with Gasteiger partial charge in [-0.2, -0.15) is 5.26 Å². The number of rotatable bonds is 4. The number of piperidine rings is 1. The number of aliphatic hydroxyl groups is 1. The van der Waals surface area contributed by atoms with Gasteiger partial charge < -0.3 is 10.0 Å². The van der Waals surface area contributed by atoms with Crippen molar-refractivity contribution in [3.05, 3.63) is 35.4 Å². The third-order valence-corrected chi connectivity index (χ3v) is 4.29.